The van der Waals surface area contributed by atoms with Crippen LogP contribution >= 0.6 is 15.9 Å². The van der Waals surface area contributed by atoms with Gasteiger partial charge in [-0.05, 0) is 18.2 Å². The molecule has 0 aromatic heterocycles. The maximum Gasteiger partial charge on any atom is 0.322 e. The molecule has 8 heteroatoms. The predicted octanol–water partition coefficient (Wildman–Crippen LogP) is 0.145. The maximum atomic E-state index is 11.4. The van der Waals surface area contributed by atoms with Crippen LogP contribution < -0.4 is 15.4 Å². The zero-order chi connectivity index (χ0) is 15.0. The van der Waals surface area contributed by atoms with E-state index in [1.807, 2.05) is 6.07 Å². The standard InChI is InChI=1S/C12H13BrN2O5/c13-8-2-1-3-9(4-8)20-7-11(17)14-5-10(16)15-6-12(18)19/h1-4H,5-7H2,(H,14,17)(H,15,16)(H,18,19). The van der Waals surface area contributed by atoms with Crippen LogP contribution in [0.1, 0.15) is 0 Å². The Morgan fingerprint density at radius 3 is 2.50 bits per heavy atom. The molecule has 1 aromatic carbocycles. The van der Waals surface area contributed by atoms with Crippen LogP contribution in [0.5, 0.6) is 5.75 Å². The molecule has 3 N–H and O–H groups in total. The van der Waals surface area contributed by atoms with Crippen LogP contribution in [0.2, 0.25) is 0 Å². The van der Waals surface area contributed by atoms with Gasteiger partial charge in [0, 0.05) is 4.47 Å². The predicted molar refractivity (Wildman–Crippen MR) is 73.3 cm³/mol. The average Bonchev–Trinajstić information content (AvgIpc) is 2.40. The molecule has 108 valence electrons. The summed E-state index contributed by atoms with van der Waals surface area (Å²) in [6.45, 7) is -1.01. The van der Waals surface area contributed by atoms with Crippen molar-refractivity contribution in [3.8, 4) is 5.75 Å². The van der Waals surface area contributed by atoms with Crippen LogP contribution in [0.3, 0.4) is 0 Å². The van der Waals surface area contributed by atoms with E-state index in [1.165, 1.54) is 0 Å². The number of hydrogen-bond donors (Lipinski definition) is 3. The maximum absolute atomic E-state index is 11.4. The second kappa shape index (κ2) is 8.16. The van der Waals surface area contributed by atoms with Crippen molar-refractivity contribution in [2.75, 3.05) is 19.7 Å². The molecule has 0 saturated heterocycles. The minimum Gasteiger partial charge on any atom is -0.484 e. The van der Waals surface area contributed by atoms with Crippen LogP contribution in [-0.2, 0) is 14.4 Å². The highest BCUT2D eigenvalue weighted by Crippen LogP contribution is 2.17. The Bertz CT molecular complexity index is 506. The summed E-state index contributed by atoms with van der Waals surface area (Å²) in [6, 6.07) is 6.97. The van der Waals surface area contributed by atoms with Gasteiger partial charge in [0.05, 0.1) is 6.54 Å². The minimum absolute atomic E-state index is 0.233. The molecule has 0 aliphatic rings. The number of halogens is 1. The van der Waals surface area contributed by atoms with Crippen molar-refractivity contribution >= 4 is 33.7 Å². The smallest absolute Gasteiger partial charge is 0.322 e. The largest absolute Gasteiger partial charge is 0.484 e. The topological polar surface area (TPSA) is 105 Å². The summed E-state index contributed by atoms with van der Waals surface area (Å²) in [5.74, 6) is -1.69. The fraction of sp³-hybridized carbons (Fsp3) is 0.250. The normalized spacial score (nSPS) is 9.65. The summed E-state index contributed by atoms with van der Waals surface area (Å²) in [6.07, 6.45) is 0. The van der Waals surface area contributed by atoms with Crippen molar-refractivity contribution in [2.45, 2.75) is 0 Å². The van der Waals surface area contributed by atoms with Crippen molar-refractivity contribution in [1.29, 1.82) is 0 Å². The van der Waals surface area contributed by atoms with Gasteiger partial charge < -0.3 is 20.5 Å². The molecule has 0 unspecified atom stereocenters. The molecule has 0 aliphatic carbocycles. The van der Waals surface area contributed by atoms with Crippen LogP contribution in [0.15, 0.2) is 28.7 Å². The van der Waals surface area contributed by atoms with Crippen molar-refractivity contribution in [1.82, 2.24) is 10.6 Å². The number of carbonyl (C=O) groups excluding carboxylic acids is 2. The Morgan fingerprint density at radius 1 is 1.15 bits per heavy atom. The fourth-order valence-corrected chi connectivity index (χ4v) is 1.55. The highest BCUT2D eigenvalue weighted by molar-refractivity contribution is 9.10. The molecular formula is C12H13BrN2O5. The highest BCUT2D eigenvalue weighted by atomic mass is 79.9. The minimum atomic E-state index is -1.15. The first-order valence-corrected chi connectivity index (χ1v) is 6.40. The summed E-state index contributed by atoms with van der Waals surface area (Å²) in [5, 5.41) is 12.8. The van der Waals surface area contributed by atoms with E-state index >= 15 is 0 Å². The molecule has 0 fully saturated rings. The third-order valence-corrected chi connectivity index (χ3v) is 2.54. The van der Waals surface area contributed by atoms with Gasteiger partial charge in [-0.1, -0.05) is 22.0 Å². The molecule has 0 spiro atoms. The molecule has 0 heterocycles. The molecule has 0 bridgehead atoms. The third kappa shape index (κ3) is 6.74. The second-order valence-electron chi connectivity index (χ2n) is 3.69. The van der Waals surface area contributed by atoms with Gasteiger partial charge in [0.1, 0.15) is 12.3 Å². The zero-order valence-corrected chi connectivity index (χ0v) is 12.0. The van der Waals surface area contributed by atoms with Crippen molar-refractivity contribution in [3.63, 3.8) is 0 Å². The van der Waals surface area contributed by atoms with Crippen LogP contribution in [0, 0.1) is 0 Å². The molecule has 0 atom stereocenters. The summed E-state index contributed by atoms with van der Waals surface area (Å²) < 4.78 is 6.03. The molecular weight excluding hydrogens is 332 g/mol. The first kappa shape index (κ1) is 16.0. The fourth-order valence-electron chi connectivity index (χ4n) is 1.17. The van der Waals surface area contributed by atoms with Crippen molar-refractivity contribution in [3.05, 3.63) is 28.7 Å². The number of amides is 2. The van der Waals surface area contributed by atoms with E-state index in [0.29, 0.717) is 5.75 Å². The van der Waals surface area contributed by atoms with E-state index in [4.69, 9.17) is 9.84 Å². The van der Waals surface area contributed by atoms with Gasteiger partial charge in [-0.2, -0.15) is 0 Å². The van der Waals surface area contributed by atoms with E-state index in [0.717, 1.165) is 4.47 Å². The van der Waals surface area contributed by atoms with Crippen LogP contribution in [0.25, 0.3) is 0 Å². The summed E-state index contributed by atoms with van der Waals surface area (Å²) in [7, 11) is 0. The van der Waals surface area contributed by atoms with Crippen LogP contribution in [0.4, 0.5) is 0 Å². The third-order valence-electron chi connectivity index (χ3n) is 2.05. The van der Waals surface area contributed by atoms with Gasteiger partial charge in [-0.25, -0.2) is 0 Å². The Morgan fingerprint density at radius 2 is 1.85 bits per heavy atom. The Hall–Kier alpha value is -2.09. The van der Waals surface area contributed by atoms with E-state index in [2.05, 4.69) is 26.6 Å². The number of ether oxygens (including phenoxy) is 1. The number of rotatable bonds is 7. The molecule has 0 aliphatic heterocycles. The van der Waals surface area contributed by atoms with Gasteiger partial charge in [0.15, 0.2) is 6.61 Å². The molecule has 2 amide bonds. The lowest BCUT2D eigenvalue weighted by molar-refractivity contribution is -0.137. The van der Waals surface area contributed by atoms with E-state index in [9.17, 15) is 14.4 Å². The summed E-state index contributed by atoms with van der Waals surface area (Å²) in [5.41, 5.74) is 0. The van der Waals surface area contributed by atoms with Crippen molar-refractivity contribution < 1.29 is 24.2 Å². The van der Waals surface area contributed by atoms with E-state index in [1.54, 1.807) is 18.2 Å². The first-order chi connectivity index (χ1) is 9.47. The molecule has 1 aromatic rings. The Balaban J connectivity index is 2.23. The van der Waals surface area contributed by atoms with Gasteiger partial charge in [0.25, 0.3) is 5.91 Å². The lowest BCUT2D eigenvalue weighted by Crippen LogP contribution is -2.40. The van der Waals surface area contributed by atoms with Crippen LogP contribution in [-0.4, -0.2) is 42.6 Å². The SMILES string of the molecule is O=C(O)CNC(=O)CNC(=O)COc1cccc(Br)c1. The lowest BCUT2D eigenvalue weighted by atomic mass is 10.3. The number of carboxylic acid groups (broad SMARTS) is 1. The first-order valence-electron chi connectivity index (χ1n) is 5.61. The number of hydrogen-bond acceptors (Lipinski definition) is 4. The number of carboxylic acids is 1. The monoisotopic (exact) mass is 344 g/mol. The molecule has 0 saturated carbocycles. The van der Waals surface area contributed by atoms with E-state index < -0.39 is 24.3 Å². The van der Waals surface area contributed by atoms with Gasteiger partial charge in [-0.3, -0.25) is 14.4 Å². The van der Waals surface area contributed by atoms with E-state index in [-0.39, 0.29) is 13.2 Å². The number of aliphatic carboxylic acids is 1. The molecule has 20 heavy (non-hydrogen) atoms. The van der Waals surface area contributed by atoms with Crippen molar-refractivity contribution in [2.24, 2.45) is 0 Å². The molecule has 1 rings (SSSR count). The number of benzene rings is 1. The molecule has 7 nitrogen and oxygen atoms in total. The number of nitrogens with one attached hydrogen (secondary N) is 2. The van der Waals surface area contributed by atoms with Gasteiger partial charge >= 0.3 is 5.97 Å². The quantitative estimate of drug-likeness (QED) is 0.652. The lowest BCUT2D eigenvalue weighted by Gasteiger charge is -2.07. The van der Waals surface area contributed by atoms with Gasteiger partial charge in [-0.15, -0.1) is 0 Å². The zero-order valence-electron chi connectivity index (χ0n) is 10.4. The Labute approximate surface area is 123 Å². The highest BCUT2D eigenvalue weighted by Gasteiger charge is 2.07. The van der Waals surface area contributed by atoms with Gasteiger partial charge in [0.2, 0.25) is 5.91 Å². The number of carbonyl (C=O) groups is 3. The average molecular weight is 345 g/mol. The molecule has 0 radical (unpaired) electrons. The summed E-state index contributed by atoms with van der Waals surface area (Å²) >= 11 is 3.27. The Kier molecular flexibility index (Phi) is 6.51. The summed E-state index contributed by atoms with van der Waals surface area (Å²) in [4.78, 5) is 32.7. The second-order valence-corrected chi connectivity index (χ2v) is 4.61.